The Hall–Kier alpha value is 0.0500. The zero-order valence-electron chi connectivity index (χ0n) is 8.36. The summed E-state index contributed by atoms with van der Waals surface area (Å²) >= 11 is 11.4. The zero-order chi connectivity index (χ0) is 10.5. The van der Waals surface area contributed by atoms with Crippen molar-refractivity contribution in [2.45, 2.75) is 32.7 Å². The maximum absolute atomic E-state index is 11.4. The Kier molecular flexibility index (Phi) is 5.73. The SMILES string of the molecule is CC(C)CC(=O)NC(C)(CCl)CCl. The van der Waals surface area contributed by atoms with Crippen LogP contribution in [0.15, 0.2) is 0 Å². The molecule has 0 aliphatic rings. The van der Waals surface area contributed by atoms with Gasteiger partial charge in [-0.2, -0.15) is 0 Å². The molecule has 0 saturated heterocycles. The molecule has 0 bridgehead atoms. The molecule has 0 aliphatic carbocycles. The van der Waals surface area contributed by atoms with Crippen LogP contribution in [0.5, 0.6) is 0 Å². The normalized spacial score (nSPS) is 11.8. The van der Waals surface area contributed by atoms with E-state index in [0.717, 1.165) is 0 Å². The summed E-state index contributed by atoms with van der Waals surface area (Å²) < 4.78 is 0. The van der Waals surface area contributed by atoms with Crippen molar-refractivity contribution in [2.24, 2.45) is 5.92 Å². The van der Waals surface area contributed by atoms with Gasteiger partial charge >= 0.3 is 0 Å². The molecule has 0 fully saturated rings. The summed E-state index contributed by atoms with van der Waals surface area (Å²) in [5, 5.41) is 2.82. The van der Waals surface area contributed by atoms with Gasteiger partial charge in [0.25, 0.3) is 0 Å². The van der Waals surface area contributed by atoms with Crippen molar-refractivity contribution >= 4 is 29.1 Å². The van der Waals surface area contributed by atoms with Crippen molar-refractivity contribution in [3.63, 3.8) is 0 Å². The third kappa shape index (κ3) is 5.37. The minimum absolute atomic E-state index is 0.0128. The predicted molar refractivity (Wildman–Crippen MR) is 57.4 cm³/mol. The van der Waals surface area contributed by atoms with Gasteiger partial charge < -0.3 is 5.32 Å². The van der Waals surface area contributed by atoms with Gasteiger partial charge in [0.05, 0.1) is 5.54 Å². The van der Waals surface area contributed by atoms with E-state index in [2.05, 4.69) is 5.32 Å². The molecule has 0 heterocycles. The second kappa shape index (κ2) is 5.71. The summed E-state index contributed by atoms with van der Waals surface area (Å²) in [5.74, 6) is 1.04. The topological polar surface area (TPSA) is 29.1 Å². The smallest absolute Gasteiger partial charge is 0.220 e. The molecule has 0 unspecified atom stereocenters. The van der Waals surface area contributed by atoms with Crippen LogP contribution < -0.4 is 5.32 Å². The summed E-state index contributed by atoms with van der Waals surface area (Å²) in [4.78, 5) is 11.4. The number of halogens is 2. The van der Waals surface area contributed by atoms with Gasteiger partial charge in [-0.25, -0.2) is 0 Å². The van der Waals surface area contributed by atoms with Gasteiger partial charge in [0, 0.05) is 18.2 Å². The summed E-state index contributed by atoms with van der Waals surface area (Å²) in [6.07, 6.45) is 0.517. The molecular weight excluding hydrogens is 209 g/mol. The maximum Gasteiger partial charge on any atom is 0.220 e. The lowest BCUT2D eigenvalue weighted by Crippen LogP contribution is -2.49. The van der Waals surface area contributed by atoms with Gasteiger partial charge in [0.1, 0.15) is 0 Å². The standard InChI is InChI=1S/C9H17Cl2NO/c1-7(2)4-8(13)12-9(3,5-10)6-11/h7H,4-6H2,1-3H3,(H,12,13). The van der Waals surface area contributed by atoms with Crippen LogP contribution in [0.1, 0.15) is 27.2 Å². The highest BCUT2D eigenvalue weighted by Gasteiger charge is 2.24. The molecule has 4 heteroatoms. The molecule has 0 aromatic rings. The zero-order valence-corrected chi connectivity index (χ0v) is 9.87. The van der Waals surface area contributed by atoms with Crippen molar-refractivity contribution in [1.29, 1.82) is 0 Å². The van der Waals surface area contributed by atoms with E-state index in [1.807, 2.05) is 20.8 Å². The average Bonchev–Trinajstić information content (AvgIpc) is 2.02. The van der Waals surface area contributed by atoms with Crippen LogP contribution in [0.2, 0.25) is 0 Å². The second-order valence-corrected chi connectivity index (χ2v) is 4.51. The van der Waals surface area contributed by atoms with E-state index in [9.17, 15) is 4.79 Å². The number of carbonyl (C=O) groups is 1. The fourth-order valence-electron chi connectivity index (χ4n) is 0.861. The van der Waals surface area contributed by atoms with Crippen LogP contribution in [0.4, 0.5) is 0 Å². The van der Waals surface area contributed by atoms with Crippen LogP contribution in [0, 0.1) is 5.92 Å². The van der Waals surface area contributed by atoms with Gasteiger partial charge in [-0.05, 0) is 12.8 Å². The quantitative estimate of drug-likeness (QED) is 0.716. The summed E-state index contributed by atoms with van der Waals surface area (Å²) in [7, 11) is 0. The first-order chi connectivity index (χ1) is 5.93. The molecule has 13 heavy (non-hydrogen) atoms. The highest BCUT2D eigenvalue weighted by atomic mass is 35.5. The lowest BCUT2D eigenvalue weighted by atomic mass is 10.1. The molecule has 1 amide bonds. The molecule has 2 nitrogen and oxygen atoms in total. The second-order valence-electron chi connectivity index (χ2n) is 3.97. The molecule has 0 aliphatic heterocycles. The maximum atomic E-state index is 11.4. The van der Waals surface area contributed by atoms with Gasteiger partial charge in [-0.15, -0.1) is 23.2 Å². The Morgan fingerprint density at radius 3 is 2.15 bits per heavy atom. The third-order valence-electron chi connectivity index (χ3n) is 1.62. The highest BCUT2D eigenvalue weighted by molar-refractivity contribution is 6.22. The summed E-state index contributed by atoms with van der Waals surface area (Å²) in [6.45, 7) is 5.84. The molecule has 0 radical (unpaired) electrons. The first kappa shape index (κ1) is 13.1. The Morgan fingerprint density at radius 1 is 1.38 bits per heavy atom. The van der Waals surface area contributed by atoms with E-state index >= 15 is 0 Å². The predicted octanol–water partition coefficient (Wildman–Crippen LogP) is 2.39. The van der Waals surface area contributed by atoms with Crippen LogP contribution >= 0.6 is 23.2 Å². The Bertz CT molecular complexity index is 167. The number of amides is 1. The number of carbonyl (C=O) groups excluding carboxylic acids is 1. The molecule has 1 N–H and O–H groups in total. The number of nitrogens with one attached hydrogen (secondary N) is 1. The van der Waals surface area contributed by atoms with E-state index < -0.39 is 5.54 Å². The molecule has 0 saturated carbocycles. The lowest BCUT2D eigenvalue weighted by molar-refractivity contribution is -0.123. The molecule has 0 atom stereocenters. The Morgan fingerprint density at radius 2 is 1.85 bits per heavy atom. The molecular formula is C9H17Cl2NO. The van der Waals surface area contributed by atoms with Crippen molar-refractivity contribution in [3.8, 4) is 0 Å². The first-order valence-electron chi connectivity index (χ1n) is 4.36. The number of hydrogen-bond acceptors (Lipinski definition) is 1. The fraction of sp³-hybridized carbons (Fsp3) is 0.889. The molecule has 0 rings (SSSR count). The van der Waals surface area contributed by atoms with E-state index in [0.29, 0.717) is 24.1 Å². The minimum Gasteiger partial charge on any atom is -0.349 e. The van der Waals surface area contributed by atoms with E-state index in [4.69, 9.17) is 23.2 Å². The van der Waals surface area contributed by atoms with Crippen molar-refractivity contribution in [3.05, 3.63) is 0 Å². The van der Waals surface area contributed by atoms with Crippen LogP contribution in [-0.2, 0) is 4.79 Å². The van der Waals surface area contributed by atoms with E-state index in [1.54, 1.807) is 0 Å². The minimum atomic E-state index is -0.477. The van der Waals surface area contributed by atoms with Gasteiger partial charge in [-0.1, -0.05) is 13.8 Å². The Labute approximate surface area is 90.0 Å². The molecule has 0 aromatic heterocycles. The van der Waals surface area contributed by atoms with Gasteiger partial charge in [0.2, 0.25) is 5.91 Å². The number of rotatable bonds is 5. The first-order valence-corrected chi connectivity index (χ1v) is 5.43. The van der Waals surface area contributed by atoms with Gasteiger partial charge in [-0.3, -0.25) is 4.79 Å². The van der Waals surface area contributed by atoms with Gasteiger partial charge in [0.15, 0.2) is 0 Å². The molecule has 0 aromatic carbocycles. The monoisotopic (exact) mass is 225 g/mol. The summed E-state index contributed by atoms with van der Waals surface area (Å²) in [5.41, 5.74) is -0.477. The van der Waals surface area contributed by atoms with Crippen LogP contribution in [-0.4, -0.2) is 23.2 Å². The van der Waals surface area contributed by atoms with E-state index in [-0.39, 0.29) is 5.91 Å². The summed E-state index contributed by atoms with van der Waals surface area (Å²) in [6, 6.07) is 0. The number of hydrogen-bond donors (Lipinski definition) is 1. The highest BCUT2D eigenvalue weighted by Crippen LogP contribution is 2.10. The fourth-order valence-corrected chi connectivity index (χ4v) is 1.28. The molecule has 78 valence electrons. The molecule has 0 spiro atoms. The van der Waals surface area contributed by atoms with Crippen molar-refractivity contribution < 1.29 is 4.79 Å². The Balaban J connectivity index is 4.02. The van der Waals surface area contributed by atoms with E-state index in [1.165, 1.54) is 0 Å². The lowest BCUT2D eigenvalue weighted by Gasteiger charge is -2.26. The van der Waals surface area contributed by atoms with Crippen molar-refractivity contribution in [1.82, 2.24) is 5.32 Å². The van der Waals surface area contributed by atoms with Crippen molar-refractivity contribution in [2.75, 3.05) is 11.8 Å². The number of alkyl halides is 2. The largest absolute Gasteiger partial charge is 0.349 e. The average molecular weight is 226 g/mol. The third-order valence-corrected chi connectivity index (χ3v) is 2.80. The van der Waals surface area contributed by atoms with Crippen LogP contribution in [0.25, 0.3) is 0 Å². The van der Waals surface area contributed by atoms with Crippen LogP contribution in [0.3, 0.4) is 0 Å².